The third-order valence-electron chi connectivity index (χ3n) is 6.98. The molecule has 1 unspecified atom stereocenters. The molecule has 0 spiro atoms. The number of thioether (sulfide) groups is 1. The van der Waals surface area contributed by atoms with Crippen molar-refractivity contribution in [2.75, 3.05) is 18.2 Å². The van der Waals surface area contributed by atoms with Crippen LogP contribution < -0.4 is 21.1 Å². The van der Waals surface area contributed by atoms with Crippen LogP contribution in [0.3, 0.4) is 0 Å². The van der Waals surface area contributed by atoms with Crippen LogP contribution in [0, 0.1) is 5.92 Å². The van der Waals surface area contributed by atoms with Crippen LogP contribution in [0.5, 0.6) is 5.75 Å². The molecule has 8 heteroatoms. The molecule has 3 heterocycles. The minimum atomic E-state index is 0.0173. The first kappa shape index (κ1) is 23.1. The van der Waals surface area contributed by atoms with Crippen molar-refractivity contribution in [3.8, 4) is 5.75 Å². The van der Waals surface area contributed by atoms with Crippen LogP contribution >= 0.6 is 11.8 Å². The van der Waals surface area contributed by atoms with Gasteiger partial charge in [-0.15, -0.1) is 11.8 Å². The van der Waals surface area contributed by atoms with Gasteiger partial charge in [-0.1, -0.05) is 12.1 Å². The van der Waals surface area contributed by atoms with E-state index < -0.39 is 0 Å². The van der Waals surface area contributed by atoms with Crippen molar-refractivity contribution in [3.63, 3.8) is 0 Å². The summed E-state index contributed by atoms with van der Waals surface area (Å²) < 4.78 is 5.48. The summed E-state index contributed by atoms with van der Waals surface area (Å²) >= 11 is 1.54. The molecule has 34 heavy (non-hydrogen) atoms. The number of carbonyl (C=O) groups is 1. The Kier molecular flexibility index (Phi) is 6.99. The number of carbonyl (C=O) groups excluding carboxylic acids is 1. The molecule has 0 bridgehead atoms. The van der Waals surface area contributed by atoms with E-state index in [1.54, 1.807) is 18.9 Å². The van der Waals surface area contributed by atoms with Crippen LogP contribution in [-0.2, 0) is 17.8 Å². The van der Waals surface area contributed by atoms with E-state index in [0.29, 0.717) is 30.1 Å². The number of pyridine rings is 2. The van der Waals surface area contributed by atoms with Crippen molar-refractivity contribution in [3.05, 3.63) is 53.9 Å². The first-order chi connectivity index (χ1) is 16.6. The maximum atomic E-state index is 11.6. The van der Waals surface area contributed by atoms with Gasteiger partial charge in [0.15, 0.2) is 0 Å². The largest absolute Gasteiger partial charge is 0.494 e. The highest BCUT2D eigenvalue weighted by molar-refractivity contribution is 8.00. The Labute approximate surface area is 204 Å². The van der Waals surface area contributed by atoms with Crippen LogP contribution in [0.25, 0.3) is 10.9 Å². The first-order valence-corrected chi connectivity index (χ1v) is 12.9. The average Bonchev–Trinajstić information content (AvgIpc) is 2.87. The molecule has 1 saturated carbocycles. The van der Waals surface area contributed by atoms with Crippen LogP contribution in [0.2, 0.25) is 0 Å². The Balaban J connectivity index is 1.14. The Morgan fingerprint density at radius 1 is 1.21 bits per heavy atom. The van der Waals surface area contributed by atoms with Crippen molar-refractivity contribution >= 4 is 34.4 Å². The molecule has 2 aromatic heterocycles. The molecule has 178 valence electrons. The van der Waals surface area contributed by atoms with Gasteiger partial charge in [-0.25, -0.2) is 4.98 Å². The topological polar surface area (TPSA) is 102 Å². The highest BCUT2D eigenvalue weighted by atomic mass is 32.2. The zero-order chi connectivity index (χ0) is 23.5. The third-order valence-corrected chi connectivity index (χ3v) is 8.03. The van der Waals surface area contributed by atoms with E-state index in [1.165, 1.54) is 5.56 Å². The number of hydrogen-bond acceptors (Lipinski definition) is 7. The van der Waals surface area contributed by atoms with E-state index in [1.807, 2.05) is 24.4 Å². The number of anilines is 1. The fraction of sp³-hybridized carbons (Fsp3) is 0.423. The quantitative estimate of drug-likeness (QED) is 0.474. The number of nitrogens with zero attached hydrogens (tertiary/aromatic N) is 2. The van der Waals surface area contributed by atoms with Gasteiger partial charge in [0.05, 0.1) is 23.5 Å². The summed E-state index contributed by atoms with van der Waals surface area (Å²) in [7, 11) is 1.68. The van der Waals surface area contributed by atoms with Gasteiger partial charge >= 0.3 is 0 Å². The number of aromatic nitrogens is 2. The molecular weight excluding hydrogens is 446 g/mol. The van der Waals surface area contributed by atoms with E-state index in [0.717, 1.165) is 59.3 Å². The molecule has 1 amide bonds. The number of fused-ring (bicyclic) bond motifs is 2. The maximum Gasteiger partial charge on any atom is 0.235 e. The zero-order valence-corrected chi connectivity index (χ0v) is 20.2. The third kappa shape index (κ3) is 5.04. The SMILES string of the molecule is COc1cccc2c(CC(N)C3CCC(NCc4ccc5c(n4)NC(=O)CS5)CC3)ccnc12. The number of hydrogen-bond donors (Lipinski definition) is 3. The molecule has 7 nitrogen and oxygen atoms in total. The molecule has 1 atom stereocenters. The predicted octanol–water partition coefficient (Wildman–Crippen LogP) is 3.90. The lowest BCUT2D eigenvalue weighted by Crippen LogP contribution is -2.39. The highest BCUT2D eigenvalue weighted by Crippen LogP contribution is 2.32. The summed E-state index contributed by atoms with van der Waals surface area (Å²) in [6, 6.07) is 12.8. The Hall–Kier alpha value is -2.68. The monoisotopic (exact) mass is 477 g/mol. The fourth-order valence-electron chi connectivity index (χ4n) is 5.07. The molecular formula is C26H31N5O2S. The van der Waals surface area contributed by atoms with Crippen LogP contribution in [0.1, 0.15) is 36.9 Å². The molecule has 3 aromatic rings. The molecule has 1 aliphatic heterocycles. The number of para-hydroxylation sites is 1. The Morgan fingerprint density at radius 3 is 2.88 bits per heavy atom. The Bertz CT molecular complexity index is 1180. The molecule has 0 saturated heterocycles. The number of rotatable bonds is 7. The van der Waals surface area contributed by atoms with Gasteiger partial charge in [0.1, 0.15) is 17.1 Å². The maximum absolute atomic E-state index is 11.6. The molecule has 5 rings (SSSR count). The van der Waals surface area contributed by atoms with Gasteiger partial charge in [-0.3, -0.25) is 9.78 Å². The van der Waals surface area contributed by atoms with Gasteiger partial charge in [0.2, 0.25) is 5.91 Å². The lowest BCUT2D eigenvalue weighted by molar-refractivity contribution is -0.113. The summed E-state index contributed by atoms with van der Waals surface area (Å²) in [5.41, 5.74) is 9.80. The van der Waals surface area contributed by atoms with Gasteiger partial charge in [-0.05, 0) is 67.9 Å². The minimum Gasteiger partial charge on any atom is -0.494 e. The number of amides is 1. The van der Waals surface area contributed by atoms with Gasteiger partial charge in [-0.2, -0.15) is 0 Å². The number of nitrogens with two attached hydrogens (primary N) is 1. The van der Waals surface area contributed by atoms with Gasteiger partial charge < -0.3 is 21.1 Å². The van der Waals surface area contributed by atoms with E-state index in [-0.39, 0.29) is 11.9 Å². The molecule has 1 aromatic carbocycles. The second-order valence-corrected chi connectivity index (χ2v) is 10.2. The van der Waals surface area contributed by atoms with Crippen LogP contribution in [-0.4, -0.2) is 40.8 Å². The first-order valence-electron chi connectivity index (χ1n) is 11.9. The van der Waals surface area contributed by atoms with Gasteiger partial charge in [0, 0.05) is 30.2 Å². The van der Waals surface area contributed by atoms with Crippen molar-refractivity contribution in [1.82, 2.24) is 15.3 Å². The van der Waals surface area contributed by atoms with Crippen molar-refractivity contribution in [2.45, 2.75) is 55.6 Å². The number of benzene rings is 1. The number of nitrogens with one attached hydrogen (secondary N) is 2. The molecule has 4 N–H and O–H groups in total. The summed E-state index contributed by atoms with van der Waals surface area (Å²) in [5, 5.41) is 7.65. The number of methoxy groups -OCH3 is 1. The minimum absolute atomic E-state index is 0.0173. The van der Waals surface area contributed by atoms with Crippen molar-refractivity contribution < 1.29 is 9.53 Å². The van der Waals surface area contributed by atoms with E-state index >= 15 is 0 Å². The van der Waals surface area contributed by atoms with E-state index in [2.05, 4.69) is 38.8 Å². The summed E-state index contributed by atoms with van der Waals surface area (Å²) in [5.74, 6) is 2.48. The lowest BCUT2D eigenvalue weighted by atomic mass is 9.79. The highest BCUT2D eigenvalue weighted by Gasteiger charge is 2.26. The standard InChI is InChI=1S/C26H31N5O2S/c1-33-22-4-2-3-20-17(11-12-28-25(20)22)13-21(27)16-5-7-18(8-6-16)29-14-19-9-10-23-26(30-19)31-24(32)15-34-23/h2-4,9-12,16,18,21,29H,5-8,13-15,27H2,1H3,(H,30,31,32). The van der Waals surface area contributed by atoms with Crippen molar-refractivity contribution in [1.29, 1.82) is 0 Å². The normalized spacial score (nSPS) is 21.1. The lowest BCUT2D eigenvalue weighted by Gasteiger charge is -2.33. The van der Waals surface area contributed by atoms with Crippen LogP contribution in [0.15, 0.2) is 47.5 Å². The second-order valence-electron chi connectivity index (χ2n) is 9.17. The molecule has 2 aliphatic rings. The summed E-state index contributed by atoms with van der Waals surface area (Å²) in [6.07, 6.45) is 7.16. The van der Waals surface area contributed by atoms with Crippen molar-refractivity contribution in [2.24, 2.45) is 11.7 Å². The van der Waals surface area contributed by atoms with E-state index in [9.17, 15) is 4.79 Å². The van der Waals surface area contributed by atoms with E-state index in [4.69, 9.17) is 10.5 Å². The summed E-state index contributed by atoms with van der Waals surface area (Å²) in [4.78, 5) is 21.8. The van der Waals surface area contributed by atoms with Gasteiger partial charge in [0.25, 0.3) is 0 Å². The smallest absolute Gasteiger partial charge is 0.235 e. The predicted molar refractivity (Wildman–Crippen MR) is 136 cm³/mol. The molecule has 1 aliphatic carbocycles. The molecule has 0 radical (unpaired) electrons. The Morgan fingerprint density at radius 2 is 2.06 bits per heavy atom. The fourth-order valence-corrected chi connectivity index (χ4v) is 5.83. The number of ether oxygens (including phenoxy) is 1. The van der Waals surface area contributed by atoms with Crippen LogP contribution in [0.4, 0.5) is 5.82 Å². The molecule has 1 fully saturated rings. The second kappa shape index (κ2) is 10.3. The zero-order valence-electron chi connectivity index (χ0n) is 19.4. The average molecular weight is 478 g/mol. The summed E-state index contributed by atoms with van der Waals surface area (Å²) in [6.45, 7) is 0.708.